The van der Waals surface area contributed by atoms with Crippen molar-refractivity contribution in [2.75, 3.05) is 6.61 Å². The van der Waals surface area contributed by atoms with E-state index in [1.165, 1.54) is 13.0 Å². The predicted molar refractivity (Wildman–Crippen MR) is 76.3 cm³/mol. The van der Waals surface area contributed by atoms with Crippen LogP contribution in [0, 0.1) is 11.3 Å². The van der Waals surface area contributed by atoms with Crippen molar-refractivity contribution in [3.8, 4) is 11.8 Å². The average molecular weight is 386 g/mol. The summed E-state index contributed by atoms with van der Waals surface area (Å²) in [6.07, 6.45) is 0. The lowest BCUT2D eigenvalue weighted by Gasteiger charge is -2.23. The normalized spacial score (nSPS) is 12.0. The van der Waals surface area contributed by atoms with Crippen LogP contribution in [0.15, 0.2) is 16.6 Å². The lowest BCUT2D eigenvalue weighted by molar-refractivity contribution is -0.174. The Morgan fingerprint density at radius 1 is 1.62 bits per heavy atom. The number of hydrogen-bond donors (Lipinski definition) is 2. The molecule has 0 radical (unpaired) electrons. The predicted octanol–water partition coefficient (Wildman–Crippen LogP) is 2.65. The quantitative estimate of drug-likeness (QED) is 0.777. The van der Waals surface area contributed by atoms with Crippen molar-refractivity contribution in [3.63, 3.8) is 0 Å². The fourth-order valence-corrected chi connectivity index (χ4v) is 1.95. The first kappa shape index (κ1) is 19.6. The van der Waals surface area contributed by atoms with Crippen LogP contribution in [0.5, 0.6) is 5.75 Å². The maximum absolute atomic E-state index is 13.8. The zero-order valence-corrected chi connectivity index (χ0v) is 13.2. The molecule has 0 fully saturated rings. The highest BCUT2D eigenvalue weighted by molar-refractivity contribution is 9.10. The van der Waals surface area contributed by atoms with Crippen LogP contribution in [-0.2, 0) is 9.53 Å². The molecule has 1 atom stereocenters. The number of nitrogens with two attached hydrogens (primary N) is 1. The molecule has 0 aliphatic rings. The van der Waals surface area contributed by atoms with Crippen LogP contribution in [-0.4, -0.2) is 23.6 Å². The van der Waals surface area contributed by atoms with Crippen molar-refractivity contribution in [2.45, 2.75) is 18.9 Å². The van der Waals surface area contributed by atoms with E-state index in [1.807, 2.05) is 0 Å². The summed E-state index contributed by atoms with van der Waals surface area (Å²) >= 11 is 2.92. The average Bonchev–Trinajstić information content (AvgIpc) is 2.41. The molecule has 0 saturated carbocycles. The summed E-state index contributed by atoms with van der Waals surface area (Å²) in [5.41, 5.74) is 4.95. The topological polar surface area (TPSA) is 96.3 Å². The van der Waals surface area contributed by atoms with Gasteiger partial charge in [0, 0.05) is 5.56 Å². The molecule has 1 aromatic rings. The molecule has 0 amide bonds. The Balaban J connectivity index is 0.00000400. The largest absolute Gasteiger partial charge is 0.506 e. The number of aromatic hydroxyl groups is 1. The number of nitrogens with zero attached hydrogens (tertiary/aromatic N) is 1. The summed E-state index contributed by atoms with van der Waals surface area (Å²) in [6.45, 7) is 1.15. The fraction of sp³-hybridized carbons (Fsp3) is 0.333. The van der Waals surface area contributed by atoms with Crippen LogP contribution in [0.25, 0.3) is 0 Å². The first-order chi connectivity index (χ1) is 9.25. The van der Waals surface area contributed by atoms with Crippen molar-refractivity contribution in [1.82, 2.24) is 0 Å². The van der Waals surface area contributed by atoms with Crippen molar-refractivity contribution < 1.29 is 23.4 Å². The molecule has 0 spiro atoms. The number of hydrogen-bond acceptors (Lipinski definition) is 5. The summed E-state index contributed by atoms with van der Waals surface area (Å²) in [5, 5.41) is 18.5. The number of nitriles is 1. The molecule has 0 aliphatic carbocycles. The number of alkyl halides is 2. The highest BCUT2D eigenvalue weighted by Crippen LogP contribution is 2.39. The lowest BCUT2D eigenvalue weighted by Crippen LogP contribution is -2.41. The molecule has 5 nitrogen and oxygen atoms in total. The van der Waals surface area contributed by atoms with Gasteiger partial charge in [0.1, 0.15) is 11.8 Å². The van der Waals surface area contributed by atoms with Gasteiger partial charge in [0.15, 0.2) is 0 Å². The van der Waals surface area contributed by atoms with E-state index in [4.69, 9.17) is 11.0 Å². The number of benzene rings is 1. The number of ether oxygens (including phenoxy) is 1. The molecule has 116 valence electrons. The van der Waals surface area contributed by atoms with Crippen LogP contribution in [0.1, 0.15) is 24.1 Å². The van der Waals surface area contributed by atoms with Gasteiger partial charge in [-0.2, -0.15) is 14.0 Å². The first-order valence-corrected chi connectivity index (χ1v) is 6.28. The van der Waals surface area contributed by atoms with Crippen LogP contribution >= 0.6 is 28.3 Å². The summed E-state index contributed by atoms with van der Waals surface area (Å²) in [5.74, 6) is -6.37. The number of carbonyl (C=O) groups is 1. The van der Waals surface area contributed by atoms with Gasteiger partial charge in [-0.15, -0.1) is 12.4 Å². The van der Waals surface area contributed by atoms with Crippen molar-refractivity contribution in [2.24, 2.45) is 5.73 Å². The molecule has 0 aromatic heterocycles. The molecule has 0 unspecified atom stereocenters. The maximum atomic E-state index is 13.8. The van der Waals surface area contributed by atoms with Gasteiger partial charge in [0.2, 0.25) is 0 Å². The number of carbonyl (C=O) groups excluding carboxylic acids is 1. The second kappa shape index (κ2) is 7.54. The van der Waals surface area contributed by atoms with E-state index in [-0.39, 0.29) is 29.1 Å². The molecule has 1 aromatic carbocycles. The SMILES string of the molecule is CCOC(=O)C(F)(F)[C@@H](N)c1cc(C#N)cc(Br)c1O.Cl. The van der Waals surface area contributed by atoms with Gasteiger partial charge >= 0.3 is 11.9 Å². The third-order valence-electron chi connectivity index (χ3n) is 2.50. The Morgan fingerprint density at radius 2 is 2.19 bits per heavy atom. The van der Waals surface area contributed by atoms with E-state index in [0.29, 0.717) is 0 Å². The van der Waals surface area contributed by atoms with Gasteiger partial charge in [-0.25, -0.2) is 4.79 Å². The Morgan fingerprint density at radius 3 is 2.67 bits per heavy atom. The van der Waals surface area contributed by atoms with Gasteiger partial charge in [-0.3, -0.25) is 0 Å². The molecule has 21 heavy (non-hydrogen) atoms. The zero-order valence-electron chi connectivity index (χ0n) is 10.8. The summed E-state index contributed by atoms with van der Waals surface area (Å²) in [4.78, 5) is 11.2. The second-order valence-corrected chi connectivity index (χ2v) is 4.68. The smallest absolute Gasteiger partial charge is 0.379 e. The van der Waals surface area contributed by atoms with Gasteiger partial charge < -0.3 is 15.6 Å². The number of phenolic OH excluding ortho intramolecular Hbond substituents is 1. The lowest BCUT2D eigenvalue weighted by atomic mass is 9.98. The van der Waals surface area contributed by atoms with Gasteiger partial charge in [-0.1, -0.05) is 0 Å². The Kier molecular flexibility index (Phi) is 7.03. The van der Waals surface area contributed by atoms with Crippen molar-refractivity contribution in [3.05, 3.63) is 27.7 Å². The minimum Gasteiger partial charge on any atom is -0.506 e. The van der Waals surface area contributed by atoms with Gasteiger partial charge in [0.05, 0.1) is 22.7 Å². The minimum atomic E-state index is -4.03. The van der Waals surface area contributed by atoms with Crippen molar-refractivity contribution in [1.29, 1.82) is 5.26 Å². The highest BCUT2D eigenvalue weighted by Gasteiger charge is 2.48. The molecule has 3 N–H and O–H groups in total. The molecule has 9 heteroatoms. The number of phenols is 1. The van der Waals surface area contributed by atoms with E-state index < -0.39 is 29.2 Å². The summed E-state index contributed by atoms with van der Waals surface area (Å²) in [6, 6.07) is 1.85. The monoisotopic (exact) mass is 384 g/mol. The highest BCUT2D eigenvalue weighted by atomic mass is 79.9. The maximum Gasteiger partial charge on any atom is 0.379 e. The Hall–Kier alpha value is -1.43. The third kappa shape index (κ3) is 4.03. The van der Waals surface area contributed by atoms with Crippen molar-refractivity contribution >= 4 is 34.3 Å². The Bertz CT molecular complexity index is 578. The van der Waals surface area contributed by atoms with E-state index in [9.17, 15) is 18.7 Å². The second-order valence-electron chi connectivity index (χ2n) is 3.83. The molecule has 0 bridgehead atoms. The summed E-state index contributed by atoms with van der Waals surface area (Å²) < 4.78 is 31.9. The molecular formula is C12H12BrClF2N2O3. The van der Waals surface area contributed by atoms with E-state index in [2.05, 4.69) is 20.7 Å². The third-order valence-corrected chi connectivity index (χ3v) is 3.10. The van der Waals surface area contributed by atoms with Crippen LogP contribution in [0.2, 0.25) is 0 Å². The first-order valence-electron chi connectivity index (χ1n) is 5.48. The molecule has 0 heterocycles. The molecule has 1 rings (SSSR count). The fourth-order valence-electron chi connectivity index (χ4n) is 1.47. The molecule has 0 saturated heterocycles. The minimum absolute atomic E-state index is 0. The summed E-state index contributed by atoms with van der Waals surface area (Å²) in [7, 11) is 0. The van der Waals surface area contributed by atoms with Gasteiger partial charge in [-0.05, 0) is 35.0 Å². The molecule has 0 aliphatic heterocycles. The van der Waals surface area contributed by atoms with E-state index >= 15 is 0 Å². The van der Waals surface area contributed by atoms with Crippen LogP contribution in [0.4, 0.5) is 8.78 Å². The molecular weight excluding hydrogens is 373 g/mol. The van der Waals surface area contributed by atoms with E-state index in [0.717, 1.165) is 6.07 Å². The van der Waals surface area contributed by atoms with E-state index in [1.54, 1.807) is 6.07 Å². The Labute approximate surface area is 134 Å². The van der Waals surface area contributed by atoms with Crippen LogP contribution < -0.4 is 5.73 Å². The number of rotatable bonds is 4. The standard InChI is InChI=1S/C12H11BrF2N2O3.ClH/c1-2-20-11(19)12(14,15)10(17)7-3-6(5-16)4-8(13)9(7)18;/h3-4,10,18H,2,17H2,1H3;1H/t10-;/m0./s1. The number of halogens is 4. The van der Waals surface area contributed by atoms with Crippen LogP contribution in [0.3, 0.4) is 0 Å². The zero-order chi connectivity index (χ0) is 15.5. The number of esters is 1. The van der Waals surface area contributed by atoms with Gasteiger partial charge in [0.25, 0.3) is 0 Å².